The molecule has 3 rings (SSSR count). The molecule has 0 fully saturated rings. The molecule has 164 valence electrons. The number of hydrogen-bond donors (Lipinski definition) is 0. The summed E-state index contributed by atoms with van der Waals surface area (Å²) in [4.78, 5) is 37.5. The molecule has 0 atom stereocenters. The highest BCUT2D eigenvalue weighted by molar-refractivity contribution is 7.98. The van der Waals surface area contributed by atoms with Crippen LogP contribution in [0.5, 0.6) is 0 Å². The maximum atomic E-state index is 13.0. The zero-order valence-electron chi connectivity index (χ0n) is 18.6. The van der Waals surface area contributed by atoms with E-state index in [2.05, 4.69) is 15.1 Å². The first kappa shape index (κ1) is 22.7. The molecule has 31 heavy (non-hydrogen) atoms. The van der Waals surface area contributed by atoms with Crippen molar-refractivity contribution >= 4 is 29.4 Å². The summed E-state index contributed by atoms with van der Waals surface area (Å²) in [5.41, 5.74) is 3.32. The molecule has 2 heterocycles. The number of hydrogen-bond acceptors (Lipinski definition) is 6. The Morgan fingerprint density at radius 3 is 2.52 bits per heavy atom. The Labute approximate surface area is 186 Å². The van der Waals surface area contributed by atoms with E-state index in [4.69, 9.17) is 0 Å². The highest BCUT2D eigenvalue weighted by Gasteiger charge is 2.20. The van der Waals surface area contributed by atoms with Crippen LogP contribution in [0.2, 0.25) is 0 Å². The number of amides is 2. The first-order valence-electron chi connectivity index (χ1n) is 10.3. The molecule has 2 aromatic heterocycles. The second kappa shape index (κ2) is 9.91. The smallest absolute Gasteiger partial charge is 0.254 e. The maximum absolute atomic E-state index is 13.0. The molecule has 0 spiro atoms. The molecule has 0 radical (unpaired) electrons. The van der Waals surface area contributed by atoms with Crippen LogP contribution < -0.4 is 0 Å². The Morgan fingerprint density at radius 1 is 1.10 bits per heavy atom. The predicted octanol–water partition coefficient (Wildman–Crippen LogP) is 2.97. The van der Waals surface area contributed by atoms with Gasteiger partial charge in [0.2, 0.25) is 11.1 Å². The van der Waals surface area contributed by atoms with Crippen LogP contribution in [0.15, 0.2) is 35.5 Å². The lowest BCUT2D eigenvalue weighted by Gasteiger charge is -2.23. The zero-order valence-corrected chi connectivity index (χ0v) is 19.4. The summed E-state index contributed by atoms with van der Waals surface area (Å²) in [7, 11) is 1.66. The van der Waals surface area contributed by atoms with Crippen LogP contribution in [-0.4, -0.2) is 67.9 Å². The molecule has 0 saturated heterocycles. The molecule has 0 bridgehead atoms. The van der Waals surface area contributed by atoms with Crippen molar-refractivity contribution < 1.29 is 9.59 Å². The van der Waals surface area contributed by atoms with E-state index in [-0.39, 0.29) is 18.4 Å². The number of aromatic nitrogens is 4. The van der Waals surface area contributed by atoms with Gasteiger partial charge in [-0.3, -0.25) is 9.59 Å². The minimum Gasteiger partial charge on any atom is -0.342 e. The predicted molar refractivity (Wildman–Crippen MR) is 121 cm³/mol. The van der Waals surface area contributed by atoms with E-state index in [0.29, 0.717) is 35.3 Å². The summed E-state index contributed by atoms with van der Waals surface area (Å²) >= 11 is 1.45. The fourth-order valence-electron chi connectivity index (χ4n) is 3.36. The van der Waals surface area contributed by atoms with Crippen LogP contribution in [0.1, 0.15) is 41.2 Å². The zero-order chi connectivity index (χ0) is 22.5. The first-order valence-corrected chi connectivity index (χ1v) is 11.3. The van der Waals surface area contributed by atoms with Crippen LogP contribution in [0.4, 0.5) is 0 Å². The van der Waals surface area contributed by atoms with E-state index < -0.39 is 0 Å². The highest BCUT2D eigenvalue weighted by atomic mass is 32.2. The molecule has 9 heteroatoms. The number of benzene rings is 1. The minimum absolute atomic E-state index is 0.0558. The van der Waals surface area contributed by atoms with Crippen molar-refractivity contribution in [1.29, 1.82) is 0 Å². The Kier molecular flexibility index (Phi) is 7.27. The Morgan fingerprint density at radius 2 is 1.81 bits per heavy atom. The molecule has 0 aliphatic heterocycles. The average molecular weight is 441 g/mol. The van der Waals surface area contributed by atoms with Gasteiger partial charge >= 0.3 is 0 Å². The number of fused-ring (bicyclic) bond motifs is 1. The number of rotatable bonds is 8. The lowest BCUT2D eigenvalue weighted by Crippen LogP contribution is -2.41. The van der Waals surface area contributed by atoms with Crippen molar-refractivity contribution in [2.75, 3.05) is 26.7 Å². The van der Waals surface area contributed by atoms with Crippen molar-refractivity contribution in [2.24, 2.45) is 0 Å². The maximum Gasteiger partial charge on any atom is 0.254 e. The summed E-state index contributed by atoms with van der Waals surface area (Å²) < 4.78 is 1.72. The number of carbonyl (C=O) groups excluding carboxylic acids is 2. The van der Waals surface area contributed by atoms with Gasteiger partial charge in [0.25, 0.3) is 11.7 Å². The van der Waals surface area contributed by atoms with Crippen LogP contribution >= 0.6 is 11.8 Å². The van der Waals surface area contributed by atoms with Gasteiger partial charge in [-0.05, 0) is 45.4 Å². The molecule has 0 N–H and O–H groups in total. The van der Waals surface area contributed by atoms with Crippen molar-refractivity contribution in [3.63, 3.8) is 0 Å². The minimum atomic E-state index is -0.173. The Hall–Kier alpha value is -2.94. The van der Waals surface area contributed by atoms with E-state index >= 15 is 0 Å². The summed E-state index contributed by atoms with van der Waals surface area (Å²) in [5, 5.41) is 5.12. The molecule has 0 saturated carbocycles. The van der Waals surface area contributed by atoms with Crippen LogP contribution in [-0.2, 0) is 10.5 Å². The van der Waals surface area contributed by atoms with Gasteiger partial charge in [0.1, 0.15) is 0 Å². The molecule has 0 unspecified atom stereocenters. The molecule has 0 aliphatic carbocycles. The molecule has 1 aromatic carbocycles. The molecule has 2 amide bonds. The quantitative estimate of drug-likeness (QED) is 0.501. The van der Waals surface area contributed by atoms with Crippen LogP contribution in [0.3, 0.4) is 0 Å². The van der Waals surface area contributed by atoms with Crippen LogP contribution in [0, 0.1) is 13.8 Å². The van der Waals surface area contributed by atoms with Crippen LogP contribution in [0.25, 0.3) is 5.78 Å². The van der Waals surface area contributed by atoms with Gasteiger partial charge in [0.05, 0.1) is 6.54 Å². The molecule has 0 aliphatic rings. The van der Waals surface area contributed by atoms with Gasteiger partial charge in [0.15, 0.2) is 0 Å². The largest absolute Gasteiger partial charge is 0.342 e. The number of thioether (sulfide) groups is 1. The second-order valence-electron chi connectivity index (χ2n) is 7.32. The third-order valence-electron chi connectivity index (χ3n) is 5.04. The standard InChI is InChI=1S/C22H28N6O2S/c1-6-27(7-2)19(29)13-26(5)20(30)18-11-9-8-10-17(18)14-31-22-24-21-23-15(3)12-16(4)28(21)25-22/h8-12H,6-7,13-14H2,1-5H3. The van der Waals surface area contributed by atoms with E-state index in [0.717, 1.165) is 17.0 Å². The lowest BCUT2D eigenvalue weighted by molar-refractivity contribution is -0.131. The van der Waals surface area contributed by atoms with Gasteiger partial charge in [0, 0.05) is 42.8 Å². The van der Waals surface area contributed by atoms with Gasteiger partial charge in [-0.15, -0.1) is 5.10 Å². The van der Waals surface area contributed by atoms with Crippen molar-refractivity contribution in [3.05, 3.63) is 52.8 Å². The summed E-state index contributed by atoms with van der Waals surface area (Å²) in [6.45, 7) is 9.07. The number of nitrogens with zero attached hydrogens (tertiary/aromatic N) is 6. The van der Waals surface area contributed by atoms with E-state index in [1.807, 2.05) is 52.0 Å². The monoisotopic (exact) mass is 440 g/mol. The SMILES string of the molecule is CCN(CC)C(=O)CN(C)C(=O)c1ccccc1CSc1nc2nc(C)cc(C)n2n1. The normalized spacial score (nSPS) is 11.0. The van der Waals surface area contributed by atoms with Crippen molar-refractivity contribution in [1.82, 2.24) is 29.4 Å². The molecule has 3 aromatic rings. The highest BCUT2D eigenvalue weighted by Crippen LogP contribution is 2.23. The topological polar surface area (TPSA) is 83.7 Å². The summed E-state index contributed by atoms with van der Waals surface area (Å²) in [6.07, 6.45) is 0. The van der Waals surface area contributed by atoms with Gasteiger partial charge < -0.3 is 9.80 Å². The molecule has 8 nitrogen and oxygen atoms in total. The lowest BCUT2D eigenvalue weighted by atomic mass is 10.1. The third-order valence-corrected chi connectivity index (χ3v) is 5.93. The number of likely N-dealkylation sites (N-methyl/N-ethyl adjacent to an activating group) is 2. The third kappa shape index (κ3) is 5.22. The molecular formula is C22H28N6O2S. The van der Waals surface area contributed by atoms with Gasteiger partial charge in [-0.1, -0.05) is 30.0 Å². The van der Waals surface area contributed by atoms with Gasteiger partial charge in [-0.2, -0.15) is 4.98 Å². The van der Waals surface area contributed by atoms with Gasteiger partial charge in [-0.25, -0.2) is 9.50 Å². The fourth-order valence-corrected chi connectivity index (χ4v) is 4.18. The summed E-state index contributed by atoms with van der Waals surface area (Å²) in [6, 6.07) is 9.41. The molecular weight excluding hydrogens is 412 g/mol. The second-order valence-corrected chi connectivity index (χ2v) is 8.26. The number of carbonyl (C=O) groups is 2. The Balaban J connectivity index is 1.73. The van der Waals surface area contributed by atoms with Crippen molar-refractivity contribution in [2.45, 2.75) is 38.6 Å². The first-order chi connectivity index (χ1) is 14.8. The summed E-state index contributed by atoms with van der Waals surface area (Å²) in [5.74, 6) is 0.876. The van der Waals surface area contributed by atoms with E-state index in [9.17, 15) is 9.59 Å². The van der Waals surface area contributed by atoms with E-state index in [1.165, 1.54) is 16.7 Å². The average Bonchev–Trinajstić information content (AvgIpc) is 3.16. The Bertz CT molecular complexity index is 1090. The fraction of sp³-hybridized carbons (Fsp3) is 0.409. The van der Waals surface area contributed by atoms with E-state index in [1.54, 1.807) is 22.5 Å². The van der Waals surface area contributed by atoms with Crippen molar-refractivity contribution in [3.8, 4) is 0 Å². The number of aryl methyl sites for hydroxylation is 2.